The van der Waals surface area contributed by atoms with Crippen molar-refractivity contribution >= 4 is 5.57 Å². The molecule has 0 saturated heterocycles. The second kappa shape index (κ2) is 6.62. The number of hydrogen-bond donors (Lipinski definition) is 0. The monoisotopic (exact) mass is 342 g/mol. The van der Waals surface area contributed by atoms with Gasteiger partial charge in [0, 0.05) is 11.1 Å². The van der Waals surface area contributed by atoms with Gasteiger partial charge < -0.3 is 4.74 Å². The van der Waals surface area contributed by atoms with Crippen LogP contribution < -0.4 is 4.74 Å². The van der Waals surface area contributed by atoms with Crippen molar-refractivity contribution in [3.05, 3.63) is 59.2 Å². The minimum Gasteiger partial charge on any atom is -0.497 e. The lowest BCUT2D eigenvalue weighted by Crippen LogP contribution is -2.11. The molecule has 0 radical (unpaired) electrons. The van der Waals surface area contributed by atoms with Crippen molar-refractivity contribution in [1.82, 2.24) is 0 Å². The highest BCUT2D eigenvalue weighted by Gasteiger charge is 2.31. The van der Waals surface area contributed by atoms with Crippen LogP contribution in [0.15, 0.2) is 36.4 Å². The summed E-state index contributed by atoms with van der Waals surface area (Å²) in [5.74, 6) is -0.312. The summed E-state index contributed by atoms with van der Waals surface area (Å²) in [4.78, 5) is 0. The molecule has 2 aromatic rings. The SMILES string of the molecule is CCc1cc(F)c(-c2cc(OC)ccc2F)c(C2=CCCC2(C)C)c1. The van der Waals surface area contributed by atoms with Gasteiger partial charge in [-0.1, -0.05) is 32.9 Å². The van der Waals surface area contributed by atoms with Crippen LogP contribution in [0.1, 0.15) is 44.7 Å². The lowest BCUT2D eigenvalue weighted by atomic mass is 9.79. The molecule has 0 spiro atoms. The fourth-order valence-corrected chi connectivity index (χ4v) is 3.64. The first-order chi connectivity index (χ1) is 11.9. The van der Waals surface area contributed by atoms with Gasteiger partial charge in [-0.3, -0.25) is 0 Å². The summed E-state index contributed by atoms with van der Waals surface area (Å²) in [6, 6.07) is 7.98. The maximum atomic E-state index is 15.1. The van der Waals surface area contributed by atoms with Gasteiger partial charge >= 0.3 is 0 Å². The number of halogens is 2. The molecule has 132 valence electrons. The molecule has 2 aromatic carbocycles. The zero-order valence-electron chi connectivity index (χ0n) is 15.2. The van der Waals surface area contributed by atoms with Gasteiger partial charge in [-0.25, -0.2) is 8.78 Å². The molecule has 0 saturated carbocycles. The topological polar surface area (TPSA) is 9.23 Å². The van der Waals surface area contributed by atoms with E-state index in [-0.39, 0.29) is 16.8 Å². The van der Waals surface area contributed by atoms with Gasteiger partial charge in [-0.05, 0) is 65.6 Å². The van der Waals surface area contributed by atoms with Gasteiger partial charge in [0.05, 0.1) is 7.11 Å². The first-order valence-corrected chi connectivity index (χ1v) is 8.74. The van der Waals surface area contributed by atoms with Crippen LogP contribution in [0.25, 0.3) is 16.7 Å². The molecule has 3 heteroatoms. The molecular formula is C22H24F2O. The third-order valence-electron chi connectivity index (χ3n) is 5.14. The van der Waals surface area contributed by atoms with Crippen LogP contribution in [0.2, 0.25) is 0 Å². The smallest absolute Gasteiger partial charge is 0.132 e. The Morgan fingerprint density at radius 3 is 2.40 bits per heavy atom. The number of ether oxygens (including phenoxy) is 1. The quantitative estimate of drug-likeness (QED) is 0.624. The van der Waals surface area contributed by atoms with E-state index in [2.05, 4.69) is 19.9 Å². The van der Waals surface area contributed by atoms with Crippen molar-refractivity contribution in [1.29, 1.82) is 0 Å². The highest BCUT2D eigenvalue weighted by atomic mass is 19.1. The van der Waals surface area contributed by atoms with E-state index in [1.165, 1.54) is 19.2 Å². The van der Waals surface area contributed by atoms with Gasteiger partial charge in [0.1, 0.15) is 17.4 Å². The molecule has 0 unspecified atom stereocenters. The largest absolute Gasteiger partial charge is 0.497 e. The Kier molecular flexibility index (Phi) is 4.68. The summed E-state index contributed by atoms with van der Waals surface area (Å²) in [5.41, 5.74) is 3.34. The Bertz CT molecular complexity index is 834. The number of methoxy groups -OCH3 is 1. The van der Waals surface area contributed by atoms with E-state index in [1.54, 1.807) is 12.1 Å². The third-order valence-corrected chi connectivity index (χ3v) is 5.14. The Morgan fingerprint density at radius 2 is 1.80 bits per heavy atom. The highest BCUT2D eigenvalue weighted by Crippen LogP contribution is 2.48. The van der Waals surface area contributed by atoms with Crippen LogP contribution in [0, 0.1) is 17.0 Å². The number of rotatable bonds is 4. The first-order valence-electron chi connectivity index (χ1n) is 8.74. The fraction of sp³-hybridized carbons (Fsp3) is 0.364. The minimum absolute atomic E-state index is 0.0527. The summed E-state index contributed by atoms with van der Waals surface area (Å²) in [7, 11) is 1.52. The van der Waals surface area contributed by atoms with Crippen molar-refractivity contribution in [2.45, 2.75) is 40.0 Å². The molecule has 0 atom stereocenters. The predicted octanol–water partition coefficient (Wildman–Crippen LogP) is 6.41. The molecule has 0 bridgehead atoms. The molecule has 1 aliphatic carbocycles. The average Bonchev–Trinajstić information content (AvgIpc) is 2.94. The molecule has 0 aliphatic heterocycles. The zero-order chi connectivity index (χ0) is 18.2. The number of benzene rings is 2. The van der Waals surface area contributed by atoms with Gasteiger partial charge in [0.15, 0.2) is 0 Å². The van der Waals surface area contributed by atoms with E-state index in [0.717, 1.165) is 36.0 Å². The van der Waals surface area contributed by atoms with E-state index in [9.17, 15) is 4.39 Å². The van der Waals surface area contributed by atoms with Gasteiger partial charge in [-0.15, -0.1) is 0 Å². The van der Waals surface area contributed by atoms with Crippen LogP contribution in [0.4, 0.5) is 8.78 Å². The predicted molar refractivity (Wildman–Crippen MR) is 98.7 cm³/mol. The summed E-state index contributed by atoms with van der Waals surface area (Å²) in [6.45, 7) is 6.32. The van der Waals surface area contributed by atoms with E-state index >= 15 is 4.39 Å². The maximum Gasteiger partial charge on any atom is 0.132 e. The van der Waals surface area contributed by atoms with Crippen LogP contribution in [-0.4, -0.2) is 7.11 Å². The Hall–Kier alpha value is -2.16. The van der Waals surface area contributed by atoms with E-state index in [4.69, 9.17) is 4.74 Å². The third kappa shape index (κ3) is 3.20. The van der Waals surface area contributed by atoms with E-state index in [0.29, 0.717) is 11.3 Å². The van der Waals surface area contributed by atoms with Crippen LogP contribution in [0.5, 0.6) is 5.75 Å². The molecule has 0 amide bonds. The number of aryl methyl sites for hydroxylation is 1. The van der Waals surface area contributed by atoms with Gasteiger partial charge in [0.2, 0.25) is 0 Å². The van der Waals surface area contributed by atoms with Crippen molar-refractivity contribution in [3.8, 4) is 16.9 Å². The second-order valence-electron chi connectivity index (χ2n) is 7.24. The van der Waals surface area contributed by atoms with Crippen molar-refractivity contribution in [2.75, 3.05) is 7.11 Å². The lowest BCUT2D eigenvalue weighted by Gasteiger charge is -2.26. The Morgan fingerprint density at radius 1 is 1.04 bits per heavy atom. The van der Waals surface area contributed by atoms with Crippen LogP contribution in [0.3, 0.4) is 0 Å². The normalized spacial score (nSPS) is 16.0. The molecule has 25 heavy (non-hydrogen) atoms. The van der Waals surface area contributed by atoms with E-state index in [1.807, 2.05) is 13.0 Å². The standard InChI is InChI=1S/C22H24F2O/c1-5-14-11-16(18-7-6-10-22(18,2)3)21(20(24)12-14)17-13-15(25-4)8-9-19(17)23/h7-9,11-13H,5-6,10H2,1-4H3. The van der Waals surface area contributed by atoms with Gasteiger partial charge in [-0.2, -0.15) is 0 Å². The molecule has 3 rings (SSSR count). The fourth-order valence-electron chi connectivity index (χ4n) is 3.64. The Balaban J connectivity index is 2.30. The molecule has 0 fully saturated rings. The zero-order valence-corrected chi connectivity index (χ0v) is 15.2. The van der Waals surface area contributed by atoms with Crippen LogP contribution in [-0.2, 0) is 6.42 Å². The summed E-state index contributed by atoms with van der Waals surface area (Å²) >= 11 is 0. The number of hydrogen-bond acceptors (Lipinski definition) is 1. The van der Waals surface area contributed by atoms with Crippen LogP contribution >= 0.6 is 0 Å². The molecule has 1 nitrogen and oxygen atoms in total. The van der Waals surface area contributed by atoms with Crippen molar-refractivity contribution in [2.24, 2.45) is 5.41 Å². The Labute approximate surface area is 148 Å². The average molecular weight is 342 g/mol. The molecule has 1 aliphatic rings. The summed E-state index contributed by atoms with van der Waals surface area (Å²) in [5, 5.41) is 0. The minimum atomic E-state index is -0.443. The first kappa shape index (κ1) is 17.7. The summed E-state index contributed by atoms with van der Waals surface area (Å²) < 4.78 is 34.9. The molecule has 0 aromatic heterocycles. The second-order valence-corrected chi connectivity index (χ2v) is 7.24. The lowest BCUT2D eigenvalue weighted by molar-refractivity contribution is 0.414. The van der Waals surface area contributed by atoms with Gasteiger partial charge in [0.25, 0.3) is 0 Å². The van der Waals surface area contributed by atoms with E-state index < -0.39 is 5.82 Å². The molecule has 0 N–H and O–H groups in total. The van der Waals surface area contributed by atoms with Crippen molar-refractivity contribution < 1.29 is 13.5 Å². The number of allylic oxidation sites excluding steroid dienone is 2. The maximum absolute atomic E-state index is 15.1. The van der Waals surface area contributed by atoms with Crippen molar-refractivity contribution in [3.63, 3.8) is 0 Å². The highest BCUT2D eigenvalue weighted by molar-refractivity contribution is 5.85. The summed E-state index contributed by atoms with van der Waals surface area (Å²) in [6.07, 6.45) is 4.87. The molecule has 0 heterocycles. The molecular weight excluding hydrogens is 318 g/mol.